The minimum Gasteiger partial charge on any atom is -0.497 e. The lowest BCUT2D eigenvalue weighted by Gasteiger charge is -2.19. The van der Waals surface area contributed by atoms with Gasteiger partial charge in [0.1, 0.15) is 17.2 Å². The first-order valence-corrected chi connectivity index (χ1v) is 10.1. The van der Waals surface area contributed by atoms with Gasteiger partial charge in [0.05, 0.1) is 49.6 Å². The molecule has 0 saturated carbocycles. The number of non-ortho nitro benzene ring substituents is 1. The summed E-state index contributed by atoms with van der Waals surface area (Å²) in [6.45, 7) is -0.581. The highest BCUT2D eigenvalue weighted by atomic mass is 16.6. The second-order valence-electron chi connectivity index (χ2n) is 7.24. The molecular weight excluding hydrogens is 450 g/mol. The van der Waals surface area contributed by atoms with Crippen LogP contribution in [-0.4, -0.2) is 57.2 Å². The van der Waals surface area contributed by atoms with E-state index in [1.165, 1.54) is 44.4 Å². The third-order valence-corrected chi connectivity index (χ3v) is 5.15. The molecule has 0 spiro atoms. The summed E-state index contributed by atoms with van der Waals surface area (Å²) in [5.41, 5.74) is 0.452. The topological polar surface area (TPSA) is 147 Å². The van der Waals surface area contributed by atoms with E-state index in [9.17, 15) is 24.5 Å². The van der Waals surface area contributed by atoms with Gasteiger partial charge in [-0.3, -0.25) is 24.5 Å². The number of nitrogens with zero attached hydrogens (tertiary/aromatic N) is 2. The number of hydrogen-bond acceptors (Lipinski definition) is 9. The molecule has 0 bridgehead atoms. The van der Waals surface area contributed by atoms with Crippen LogP contribution in [-0.2, 0) is 19.1 Å². The van der Waals surface area contributed by atoms with Crippen molar-refractivity contribution in [3.05, 3.63) is 46.5 Å². The third kappa shape index (κ3) is 5.34. The second-order valence-corrected chi connectivity index (χ2v) is 7.24. The van der Waals surface area contributed by atoms with Crippen molar-refractivity contribution in [2.75, 3.05) is 44.7 Å². The summed E-state index contributed by atoms with van der Waals surface area (Å²) in [6.07, 6.45) is -0.135. The highest BCUT2D eigenvalue weighted by molar-refractivity contribution is 6.01. The highest BCUT2D eigenvalue weighted by Gasteiger charge is 2.37. The van der Waals surface area contributed by atoms with Gasteiger partial charge in [-0.25, -0.2) is 0 Å². The lowest BCUT2D eigenvalue weighted by molar-refractivity contribution is -0.384. The van der Waals surface area contributed by atoms with Gasteiger partial charge in [0.25, 0.3) is 11.6 Å². The van der Waals surface area contributed by atoms with Gasteiger partial charge in [0, 0.05) is 25.1 Å². The van der Waals surface area contributed by atoms with E-state index in [0.717, 1.165) is 0 Å². The van der Waals surface area contributed by atoms with Crippen LogP contribution in [0.25, 0.3) is 0 Å². The number of methoxy groups -OCH3 is 3. The summed E-state index contributed by atoms with van der Waals surface area (Å²) in [5, 5.41) is 13.6. The molecule has 2 amide bonds. The van der Waals surface area contributed by atoms with E-state index in [0.29, 0.717) is 22.9 Å². The Morgan fingerprint density at radius 3 is 2.47 bits per heavy atom. The van der Waals surface area contributed by atoms with Crippen LogP contribution in [0, 0.1) is 16.0 Å². The van der Waals surface area contributed by atoms with Gasteiger partial charge in [-0.2, -0.15) is 0 Å². The van der Waals surface area contributed by atoms with Crippen LogP contribution in [0.1, 0.15) is 6.42 Å². The van der Waals surface area contributed by atoms with Crippen LogP contribution in [0.15, 0.2) is 36.4 Å². The van der Waals surface area contributed by atoms with Crippen molar-refractivity contribution in [1.82, 2.24) is 0 Å². The van der Waals surface area contributed by atoms with Crippen LogP contribution in [0.2, 0.25) is 0 Å². The molecular formula is C22H23N3O9. The summed E-state index contributed by atoms with van der Waals surface area (Å²) in [4.78, 5) is 49.0. The Labute approximate surface area is 194 Å². The quantitative estimate of drug-likeness (QED) is 0.329. The van der Waals surface area contributed by atoms with Gasteiger partial charge in [-0.05, 0) is 18.2 Å². The Hall–Kier alpha value is -4.35. The van der Waals surface area contributed by atoms with E-state index in [1.807, 2.05) is 0 Å². The number of ether oxygens (including phenoxy) is 4. The van der Waals surface area contributed by atoms with Crippen molar-refractivity contribution in [2.24, 2.45) is 5.92 Å². The van der Waals surface area contributed by atoms with Crippen molar-refractivity contribution in [3.8, 4) is 17.2 Å². The molecule has 1 aliphatic heterocycles. The third-order valence-electron chi connectivity index (χ3n) is 5.15. The summed E-state index contributed by atoms with van der Waals surface area (Å²) in [6, 6.07) is 8.67. The molecule has 1 N–H and O–H groups in total. The lowest BCUT2D eigenvalue weighted by atomic mass is 10.1. The van der Waals surface area contributed by atoms with Crippen LogP contribution >= 0.6 is 0 Å². The molecule has 180 valence electrons. The number of carbonyl (C=O) groups excluding carboxylic acids is 3. The SMILES string of the molecule is COc1ccc(OC)c(NC(=O)COC(=O)[C@@H]2CC(=O)N(c3ccc([N+](=O)[O-])cc3OC)C2)c1. The predicted molar refractivity (Wildman–Crippen MR) is 119 cm³/mol. The van der Waals surface area contributed by atoms with Crippen molar-refractivity contribution >= 4 is 34.8 Å². The molecule has 1 saturated heterocycles. The van der Waals surface area contributed by atoms with Crippen LogP contribution in [0.5, 0.6) is 17.2 Å². The summed E-state index contributed by atoms with van der Waals surface area (Å²) in [5.74, 6) is -1.48. The van der Waals surface area contributed by atoms with Gasteiger partial charge >= 0.3 is 5.97 Å². The number of amides is 2. The fourth-order valence-electron chi connectivity index (χ4n) is 3.45. The molecule has 12 heteroatoms. The second kappa shape index (κ2) is 10.5. The minimum absolute atomic E-state index is 0.0167. The number of rotatable bonds is 9. The lowest BCUT2D eigenvalue weighted by Crippen LogP contribution is -2.28. The summed E-state index contributed by atoms with van der Waals surface area (Å²) in [7, 11) is 4.25. The van der Waals surface area contributed by atoms with Crippen LogP contribution in [0.4, 0.5) is 17.1 Å². The first-order valence-electron chi connectivity index (χ1n) is 10.1. The molecule has 0 aromatic heterocycles. The molecule has 1 heterocycles. The molecule has 3 rings (SSSR count). The first kappa shape index (κ1) is 24.3. The molecule has 34 heavy (non-hydrogen) atoms. The van der Waals surface area contributed by atoms with E-state index >= 15 is 0 Å². The zero-order chi connectivity index (χ0) is 24.8. The average molecular weight is 473 g/mol. The summed E-state index contributed by atoms with van der Waals surface area (Å²) >= 11 is 0. The fourth-order valence-corrected chi connectivity index (χ4v) is 3.45. The number of benzene rings is 2. The number of anilines is 2. The predicted octanol–water partition coefficient (Wildman–Crippen LogP) is 2.16. The smallest absolute Gasteiger partial charge is 0.311 e. The van der Waals surface area contributed by atoms with Crippen LogP contribution < -0.4 is 24.4 Å². The minimum atomic E-state index is -0.813. The maximum Gasteiger partial charge on any atom is 0.311 e. The highest BCUT2D eigenvalue weighted by Crippen LogP contribution is 2.36. The van der Waals surface area contributed by atoms with E-state index < -0.39 is 29.3 Å². The van der Waals surface area contributed by atoms with E-state index in [2.05, 4.69) is 5.32 Å². The number of nitrogens with one attached hydrogen (secondary N) is 1. The molecule has 2 aromatic carbocycles. The molecule has 2 aromatic rings. The van der Waals surface area contributed by atoms with Crippen molar-refractivity contribution < 1.29 is 38.3 Å². The zero-order valence-corrected chi connectivity index (χ0v) is 18.7. The molecule has 12 nitrogen and oxygen atoms in total. The molecule has 0 radical (unpaired) electrons. The molecule has 1 aliphatic rings. The number of esters is 1. The van der Waals surface area contributed by atoms with Crippen molar-refractivity contribution in [2.45, 2.75) is 6.42 Å². The van der Waals surface area contributed by atoms with E-state index in [1.54, 1.807) is 18.2 Å². The molecule has 0 aliphatic carbocycles. The maximum absolute atomic E-state index is 12.5. The Balaban J connectivity index is 1.61. The molecule has 0 unspecified atom stereocenters. The normalized spacial score (nSPS) is 15.0. The number of carbonyl (C=O) groups is 3. The Morgan fingerprint density at radius 2 is 1.82 bits per heavy atom. The van der Waals surface area contributed by atoms with Crippen LogP contribution in [0.3, 0.4) is 0 Å². The molecule has 1 fully saturated rings. The van der Waals surface area contributed by atoms with Gasteiger partial charge in [0.2, 0.25) is 5.91 Å². The standard InChI is InChI=1S/C22H23N3O9/c1-31-15-5-7-18(32-2)16(10-15)23-20(26)12-34-22(28)13-8-21(27)24(11-13)17-6-4-14(25(29)30)9-19(17)33-3/h4-7,9-10,13H,8,11-12H2,1-3H3,(H,23,26)/t13-/m1/s1. The van der Waals surface area contributed by atoms with Gasteiger partial charge in [0.15, 0.2) is 6.61 Å². The van der Waals surface area contributed by atoms with E-state index in [4.69, 9.17) is 18.9 Å². The zero-order valence-electron chi connectivity index (χ0n) is 18.7. The monoisotopic (exact) mass is 473 g/mol. The van der Waals surface area contributed by atoms with Gasteiger partial charge < -0.3 is 29.2 Å². The van der Waals surface area contributed by atoms with Crippen molar-refractivity contribution in [1.29, 1.82) is 0 Å². The Bertz CT molecular complexity index is 1120. The first-order chi connectivity index (χ1) is 16.3. The Morgan fingerprint density at radius 1 is 1.09 bits per heavy atom. The van der Waals surface area contributed by atoms with Crippen molar-refractivity contribution in [3.63, 3.8) is 0 Å². The number of nitro benzene ring substituents is 1. The molecule has 1 atom stereocenters. The largest absolute Gasteiger partial charge is 0.497 e. The van der Waals surface area contributed by atoms with Gasteiger partial charge in [-0.15, -0.1) is 0 Å². The number of hydrogen-bond donors (Lipinski definition) is 1. The van der Waals surface area contributed by atoms with E-state index in [-0.39, 0.29) is 30.3 Å². The fraction of sp³-hybridized carbons (Fsp3) is 0.318. The number of nitro groups is 1. The maximum atomic E-state index is 12.5. The average Bonchev–Trinajstić information content (AvgIpc) is 3.23. The van der Waals surface area contributed by atoms with Gasteiger partial charge in [-0.1, -0.05) is 0 Å². The Kier molecular flexibility index (Phi) is 7.51. The summed E-state index contributed by atoms with van der Waals surface area (Å²) < 4.78 is 20.6.